The molecule has 1 saturated carbocycles. The van der Waals surface area contributed by atoms with E-state index < -0.39 is 0 Å². The van der Waals surface area contributed by atoms with Crippen LogP contribution in [0, 0.1) is 11.8 Å². The fourth-order valence-corrected chi connectivity index (χ4v) is 4.67. The van der Waals surface area contributed by atoms with Crippen LogP contribution in [0.3, 0.4) is 0 Å². The second-order valence-electron chi connectivity index (χ2n) is 7.12. The fourth-order valence-electron chi connectivity index (χ4n) is 4.67. The highest BCUT2D eigenvalue weighted by Gasteiger charge is 2.52. The quantitative estimate of drug-likeness (QED) is 0.760. The zero-order chi connectivity index (χ0) is 14.2. The van der Waals surface area contributed by atoms with E-state index in [0.717, 1.165) is 31.5 Å². The maximum atomic E-state index is 6.35. The molecule has 4 rings (SSSR count). The summed E-state index contributed by atoms with van der Waals surface area (Å²) in [5.41, 5.74) is 6.55. The zero-order valence-electron chi connectivity index (χ0n) is 13.2. The van der Waals surface area contributed by atoms with E-state index in [1.807, 2.05) is 7.11 Å². The summed E-state index contributed by atoms with van der Waals surface area (Å²) in [5.74, 6) is 1.68. The minimum atomic E-state index is 0.205. The summed E-state index contributed by atoms with van der Waals surface area (Å²) >= 11 is 0. The smallest absolute Gasteiger partial charge is 0.0590 e. The van der Waals surface area contributed by atoms with Gasteiger partial charge in [-0.2, -0.15) is 0 Å². The van der Waals surface area contributed by atoms with Gasteiger partial charge in [-0.1, -0.05) is 0 Å². The molecule has 20 heavy (non-hydrogen) atoms. The molecule has 0 aromatic carbocycles. The van der Waals surface area contributed by atoms with Gasteiger partial charge in [-0.05, 0) is 57.5 Å². The van der Waals surface area contributed by atoms with Crippen LogP contribution >= 0.6 is 0 Å². The molecule has 2 unspecified atom stereocenters. The lowest BCUT2D eigenvalue weighted by molar-refractivity contribution is -0.0920. The third kappa shape index (κ3) is 2.52. The van der Waals surface area contributed by atoms with Gasteiger partial charge in [-0.3, -0.25) is 4.90 Å². The first kappa shape index (κ1) is 14.8. The van der Waals surface area contributed by atoms with Gasteiger partial charge in [0.25, 0.3) is 0 Å². The molecule has 4 aliphatic rings. The first-order valence-electron chi connectivity index (χ1n) is 8.39. The number of nitrogens with two attached hydrogens (primary N) is 1. The number of nitrogens with zero attached hydrogens (tertiary/aromatic N) is 2. The minimum Gasteiger partial charge on any atom is -0.383 e. The predicted octanol–water partition coefficient (Wildman–Crippen LogP) is 1.16. The third-order valence-corrected chi connectivity index (χ3v) is 6.10. The van der Waals surface area contributed by atoms with E-state index in [0.29, 0.717) is 6.04 Å². The Hall–Kier alpha value is -0.160. The maximum Gasteiger partial charge on any atom is 0.0590 e. The first-order chi connectivity index (χ1) is 9.71. The molecule has 2 atom stereocenters. The van der Waals surface area contributed by atoms with Crippen LogP contribution < -0.4 is 5.73 Å². The zero-order valence-corrected chi connectivity index (χ0v) is 13.2. The highest BCUT2D eigenvalue weighted by atomic mass is 16.5. The van der Waals surface area contributed by atoms with Crippen molar-refractivity contribution in [2.24, 2.45) is 17.6 Å². The molecule has 0 aromatic rings. The van der Waals surface area contributed by atoms with E-state index in [1.54, 1.807) is 0 Å². The summed E-state index contributed by atoms with van der Waals surface area (Å²) in [6.07, 6.45) is 5.47. The van der Waals surface area contributed by atoms with Crippen molar-refractivity contribution in [1.29, 1.82) is 0 Å². The SMILES string of the molecule is COCCN(C(C)C1CC1)C1(CN)CN2CCC1CC2. The second kappa shape index (κ2) is 5.91. The first-order valence-corrected chi connectivity index (χ1v) is 8.39. The number of hydrogen-bond acceptors (Lipinski definition) is 4. The summed E-state index contributed by atoms with van der Waals surface area (Å²) in [5, 5.41) is 0. The number of piperidine rings is 3. The van der Waals surface area contributed by atoms with Gasteiger partial charge < -0.3 is 15.4 Å². The van der Waals surface area contributed by atoms with Gasteiger partial charge in [0.15, 0.2) is 0 Å². The van der Waals surface area contributed by atoms with Crippen molar-refractivity contribution in [3.8, 4) is 0 Å². The number of methoxy groups -OCH3 is 1. The lowest BCUT2D eigenvalue weighted by Gasteiger charge is -2.59. The molecule has 3 heterocycles. The number of rotatable bonds is 7. The van der Waals surface area contributed by atoms with E-state index in [1.165, 1.54) is 45.3 Å². The average Bonchev–Trinajstić information content (AvgIpc) is 3.33. The molecule has 0 aromatic heterocycles. The second-order valence-corrected chi connectivity index (χ2v) is 7.12. The van der Waals surface area contributed by atoms with Crippen LogP contribution in [0.4, 0.5) is 0 Å². The maximum absolute atomic E-state index is 6.35. The molecule has 3 saturated heterocycles. The Bertz CT molecular complexity index is 326. The van der Waals surface area contributed by atoms with Crippen molar-refractivity contribution < 1.29 is 4.74 Å². The summed E-state index contributed by atoms with van der Waals surface area (Å²) in [4.78, 5) is 5.37. The van der Waals surface area contributed by atoms with Gasteiger partial charge in [-0.15, -0.1) is 0 Å². The van der Waals surface area contributed by atoms with Crippen LogP contribution in [0.2, 0.25) is 0 Å². The molecule has 1 aliphatic carbocycles. The Morgan fingerprint density at radius 3 is 2.45 bits per heavy atom. The molecular formula is C16H31N3O. The Morgan fingerprint density at radius 2 is 2.00 bits per heavy atom. The van der Waals surface area contributed by atoms with E-state index in [4.69, 9.17) is 10.5 Å². The van der Waals surface area contributed by atoms with Gasteiger partial charge in [0.2, 0.25) is 0 Å². The molecule has 0 amide bonds. The molecule has 3 aliphatic heterocycles. The Labute approximate surface area is 123 Å². The van der Waals surface area contributed by atoms with Gasteiger partial charge in [0.1, 0.15) is 0 Å². The molecule has 4 nitrogen and oxygen atoms in total. The molecule has 0 spiro atoms. The lowest BCUT2D eigenvalue weighted by Crippen LogP contribution is -2.72. The number of hydrogen-bond donors (Lipinski definition) is 1. The Kier molecular flexibility index (Phi) is 4.37. The molecule has 116 valence electrons. The monoisotopic (exact) mass is 281 g/mol. The van der Waals surface area contributed by atoms with Crippen LogP contribution in [-0.4, -0.2) is 67.8 Å². The van der Waals surface area contributed by atoms with Gasteiger partial charge in [0.05, 0.1) is 6.61 Å². The van der Waals surface area contributed by atoms with Crippen LogP contribution in [0.5, 0.6) is 0 Å². The van der Waals surface area contributed by atoms with Gasteiger partial charge in [0, 0.05) is 38.3 Å². The summed E-state index contributed by atoms with van der Waals surface area (Å²) < 4.78 is 5.39. The van der Waals surface area contributed by atoms with E-state index in [9.17, 15) is 0 Å². The Balaban J connectivity index is 1.82. The van der Waals surface area contributed by atoms with E-state index >= 15 is 0 Å². The molecule has 4 fully saturated rings. The van der Waals surface area contributed by atoms with Crippen molar-refractivity contribution >= 4 is 0 Å². The molecule has 2 N–H and O–H groups in total. The van der Waals surface area contributed by atoms with Crippen molar-refractivity contribution in [2.75, 3.05) is 46.4 Å². The lowest BCUT2D eigenvalue weighted by atomic mass is 9.71. The average molecular weight is 281 g/mol. The van der Waals surface area contributed by atoms with Crippen molar-refractivity contribution in [2.45, 2.75) is 44.2 Å². The summed E-state index contributed by atoms with van der Waals surface area (Å²) in [6.45, 7) is 8.82. The van der Waals surface area contributed by atoms with Crippen LogP contribution in [0.15, 0.2) is 0 Å². The molecule has 0 radical (unpaired) electrons. The van der Waals surface area contributed by atoms with Crippen LogP contribution in [0.1, 0.15) is 32.6 Å². The largest absolute Gasteiger partial charge is 0.383 e. The van der Waals surface area contributed by atoms with E-state index in [2.05, 4.69) is 16.7 Å². The highest BCUT2D eigenvalue weighted by Crippen LogP contribution is 2.44. The number of ether oxygens (including phenoxy) is 1. The predicted molar refractivity (Wildman–Crippen MR) is 81.7 cm³/mol. The molecule has 4 heteroatoms. The topological polar surface area (TPSA) is 41.7 Å². The van der Waals surface area contributed by atoms with Crippen LogP contribution in [0.25, 0.3) is 0 Å². The van der Waals surface area contributed by atoms with Crippen molar-refractivity contribution in [1.82, 2.24) is 9.80 Å². The third-order valence-electron chi connectivity index (χ3n) is 6.10. The highest BCUT2D eigenvalue weighted by molar-refractivity contribution is 5.08. The molecular weight excluding hydrogens is 250 g/mol. The van der Waals surface area contributed by atoms with Gasteiger partial charge >= 0.3 is 0 Å². The van der Waals surface area contributed by atoms with Crippen molar-refractivity contribution in [3.63, 3.8) is 0 Å². The van der Waals surface area contributed by atoms with Crippen molar-refractivity contribution in [3.05, 3.63) is 0 Å². The standard InChI is InChI=1S/C16H31N3O/c1-13(14-3-4-14)19(9-10-20-2)16(11-17)12-18-7-5-15(16)6-8-18/h13-15H,3-12,17H2,1-2H3. The summed E-state index contributed by atoms with van der Waals surface area (Å²) in [7, 11) is 1.81. The Morgan fingerprint density at radius 1 is 1.30 bits per heavy atom. The van der Waals surface area contributed by atoms with Gasteiger partial charge in [-0.25, -0.2) is 0 Å². The van der Waals surface area contributed by atoms with Crippen LogP contribution in [-0.2, 0) is 4.74 Å². The minimum absolute atomic E-state index is 0.205. The number of fused-ring (bicyclic) bond motifs is 3. The summed E-state index contributed by atoms with van der Waals surface area (Å²) in [6, 6.07) is 0.661. The fraction of sp³-hybridized carbons (Fsp3) is 1.00. The molecule has 2 bridgehead atoms. The normalized spacial score (nSPS) is 38.4. The van der Waals surface area contributed by atoms with E-state index in [-0.39, 0.29) is 5.54 Å².